The molecule has 0 saturated heterocycles. The number of carbonyl (C=O) groups is 3. The largest absolute Gasteiger partial charge is 0.462 e. The number of carbonyl (C=O) groups excluding carboxylic acids is 3. The van der Waals surface area contributed by atoms with Crippen LogP contribution in [-0.2, 0) is 28.6 Å². The molecule has 0 fully saturated rings. The number of rotatable bonds is 45. The fraction of sp³-hybridized carbons (Fsp3) is 0.638. The average molecular weight is 887 g/mol. The molecule has 362 valence electrons. The van der Waals surface area contributed by atoms with Gasteiger partial charge in [0.25, 0.3) is 0 Å². The molecule has 0 aliphatic rings. The number of hydrogen-bond acceptors (Lipinski definition) is 6. The van der Waals surface area contributed by atoms with E-state index in [9.17, 15) is 14.4 Å². The van der Waals surface area contributed by atoms with Crippen LogP contribution in [0.25, 0.3) is 0 Å². The van der Waals surface area contributed by atoms with Gasteiger partial charge in [0.2, 0.25) is 0 Å². The van der Waals surface area contributed by atoms with Crippen molar-refractivity contribution in [3.05, 3.63) is 109 Å². The first-order valence-electron chi connectivity index (χ1n) is 26.0. The van der Waals surface area contributed by atoms with E-state index in [0.29, 0.717) is 19.3 Å². The molecule has 1 atom stereocenters. The molecule has 6 nitrogen and oxygen atoms in total. The first kappa shape index (κ1) is 60.1. The Kier molecular flexibility index (Phi) is 48.5. The van der Waals surface area contributed by atoms with Crippen molar-refractivity contribution in [1.29, 1.82) is 0 Å². The van der Waals surface area contributed by atoms with Crippen LogP contribution in [0.4, 0.5) is 0 Å². The van der Waals surface area contributed by atoms with E-state index in [1.54, 1.807) is 0 Å². The average Bonchev–Trinajstić information content (AvgIpc) is 3.29. The van der Waals surface area contributed by atoms with Gasteiger partial charge >= 0.3 is 17.9 Å². The molecule has 0 heterocycles. The summed E-state index contributed by atoms with van der Waals surface area (Å²) in [5.74, 6) is -0.969. The first-order valence-corrected chi connectivity index (χ1v) is 26.0. The minimum Gasteiger partial charge on any atom is -0.462 e. The standard InChI is InChI=1S/C58H94O6/c1-4-7-10-13-16-19-22-25-27-29-31-33-36-39-42-45-48-51-57(60)63-54-55(53-62-56(59)50-47-44-41-38-35-32-24-21-18-15-12-9-6-3)64-58(61)52-49-46-43-40-37-34-30-28-26-23-20-17-14-11-8-5-2/h7,9-10,12-13,15-16,18-19,21-22,24-25,27,29,31,33,36,55H,4-6,8,11,14,17,20,23,26,28,30,32,34-35,37-54H2,1-3H3/b10-7+,12-9+,16-13+,18-15+,22-19+,24-21+,27-25+,31-29+,36-33+. The third-order valence-electron chi connectivity index (χ3n) is 10.7. The molecule has 6 heteroatoms. The van der Waals surface area contributed by atoms with E-state index in [1.807, 2.05) is 60.8 Å². The second kappa shape index (κ2) is 51.7. The van der Waals surface area contributed by atoms with E-state index in [4.69, 9.17) is 14.2 Å². The maximum atomic E-state index is 12.8. The highest BCUT2D eigenvalue weighted by Crippen LogP contribution is 2.15. The summed E-state index contributed by atoms with van der Waals surface area (Å²) in [4.78, 5) is 38.0. The van der Waals surface area contributed by atoms with Crippen molar-refractivity contribution in [3.63, 3.8) is 0 Å². The number of hydrogen-bond donors (Lipinski definition) is 0. The molecule has 64 heavy (non-hydrogen) atoms. The summed E-state index contributed by atoms with van der Waals surface area (Å²) < 4.78 is 16.8. The van der Waals surface area contributed by atoms with Gasteiger partial charge in [0, 0.05) is 19.3 Å². The van der Waals surface area contributed by atoms with Crippen LogP contribution in [0.2, 0.25) is 0 Å². The third kappa shape index (κ3) is 49.1. The summed E-state index contributed by atoms with van der Waals surface area (Å²) in [6.07, 6.45) is 69.2. The lowest BCUT2D eigenvalue weighted by Gasteiger charge is -2.18. The SMILES string of the molecule is CC/C=C/C=C/C=C/C=C/C=C/C=C/CCCCCC(=O)OCC(COC(=O)CCCCCCC/C=C/C=C/C=C/CC)OC(=O)CCCCCCCCCCCCCCCCCC. The van der Waals surface area contributed by atoms with Crippen molar-refractivity contribution in [2.45, 2.75) is 226 Å². The molecule has 0 N–H and O–H groups in total. The lowest BCUT2D eigenvalue weighted by atomic mass is 10.0. The van der Waals surface area contributed by atoms with Crippen LogP contribution in [0, 0.1) is 0 Å². The Hall–Kier alpha value is -3.93. The van der Waals surface area contributed by atoms with Crippen LogP contribution in [-0.4, -0.2) is 37.2 Å². The Morgan fingerprint density at radius 3 is 0.969 bits per heavy atom. The molecule has 1 unspecified atom stereocenters. The van der Waals surface area contributed by atoms with Crippen molar-refractivity contribution in [3.8, 4) is 0 Å². The van der Waals surface area contributed by atoms with Crippen LogP contribution in [0.1, 0.15) is 220 Å². The summed E-state index contributed by atoms with van der Waals surface area (Å²) in [5, 5.41) is 0. The van der Waals surface area contributed by atoms with Crippen molar-refractivity contribution < 1.29 is 28.6 Å². The zero-order valence-electron chi connectivity index (χ0n) is 41.3. The fourth-order valence-electron chi connectivity index (χ4n) is 6.89. The summed E-state index contributed by atoms with van der Waals surface area (Å²) in [6, 6.07) is 0. The van der Waals surface area contributed by atoms with Crippen LogP contribution < -0.4 is 0 Å². The van der Waals surface area contributed by atoms with Crippen LogP contribution in [0.5, 0.6) is 0 Å². The zero-order chi connectivity index (χ0) is 46.5. The summed E-state index contributed by atoms with van der Waals surface area (Å²) in [7, 11) is 0. The van der Waals surface area contributed by atoms with E-state index >= 15 is 0 Å². The molecule has 0 amide bonds. The second-order valence-corrected chi connectivity index (χ2v) is 16.9. The molecule has 0 saturated carbocycles. The summed E-state index contributed by atoms with van der Waals surface area (Å²) in [6.45, 7) is 6.30. The van der Waals surface area contributed by atoms with E-state index in [2.05, 4.69) is 69.4 Å². The quantitative estimate of drug-likeness (QED) is 0.0262. The van der Waals surface area contributed by atoms with E-state index in [1.165, 1.54) is 83.5 Å². The van der Waals surface area contributed by atoms with Crippen LogP contribution in [0.15, 0.2) is 109 Å². The van der Waals surface area contributed by atoms with Gasteiger partial charge < -0.3 is 14.2 Å². The molecular weight excluding hydrogens is 793 g/mol. The number of allylic oxidation sites excluding steroid dienone is 18. The van der Waals surface area contributed by atoms with Crippen molar-refractivity contribution in [2.24, 2.45) is 0 Å². The van der Waals surface area contributed by atoms with Gasteiger partial charge in [0.1, 0.15) is 13.2 Å². The Bertz CT molecular complexity index is 1340. The summed E-state index contributed by atoms with van der Waals surface area (Å²) >= 11 is 0. The minimum absolute atomic E-state index is 0.104. The van der Waals surface area contributed by atoms with Gasteiger partial charge in [-0.05, 0) is 57.8 Å². The van der Waals surface area contributed by atoms with Gasteiger partial charge in [-0.1, -0.05) is 252 Å². The van der Waals surface area contributed by atoms with E-state index < -0.39 is 6.10 Å². The van der Waals surface area contributed by atoms with Gasteiger partial charge in [-0.15, -0.1) is 0 Å². The van der Waals surface area contributed by atoms with Gasteiger partial charge in [-0.25, -0.2) is 0 Å². The smallest absolute Gasteiger partial charge is 0.306 e. The van der Waals surface area contributed by atoms with Crippen LogP contribution in [0.3, 0.4) is 0 Å². The van der Waals surface area contributed by atoms with Gasteiger partial charge in [-0.2, -0.15) is 0 Å². The van der Waals surface area contributed by atoms with E-state index in [-0.39, 0.29) is 31.1 Å². The highest BCUT2D eigenvalue weighted by atomic mass is 16.6. The van der Waals surface area contributed by atoms with Crippen molar-refractivity contribution >= 4 is 17.9 Å². The molecule has 0 aromatic rings. The highest BCUT2D eigenvalue weighted by Gasteiger charge is 2.19. The van der Waals surface area contributed by atoms with Crippen molar-refractivity contribution in [2.75, 3.05) is 13.2 Å². The zero-order valence-corrected chi connectivity index (χ0v) is 41.3. The maximum Gasteiger partial charge on any atom is 0.306 e. The third-order valence-corrected chi connectivity index (χ3v) is 10.7. The lowest BCUT2D eigenvalue weighted by molar-refractivity contribution is -0.167. The second-order valence-electron chi connectivity index (χ2n) is 16.9. The molecule has 0 aliphatic heterocycles. The lowest BCUT2D eigenvalue weighted by Crippen LogP contribution is -2.30. The Labute approximate surface area is 393 Å². The Morgan fingerprint density at radius 1 is 0.328 bits per heavy atom. The molecule has 0 spiro atoms. The van der Waals surface area contributed by atoms with Gasteiger partial charge in [0.15, 0.2) is 6.10 Å². The number of esters is 3. The highest BCUT2D eigenvalue weighted by molar-refractivity contribution is 5.71. The molecule has 0 aromatic carbocycles. The monoisotopic (exact) mass is 887 g/mol. The first-order chi connectivity index (χ1) is 31.5. The molecule has 0 aromatic heterocycles. The predicted octanol–water partition coefficient (Wildman–Crippen LogP) is 17.1. The molecule has 0 radical (unpaired) electrons. The molecule has 0 bridgehead atoms. The maximum absolute atomic E-state index is 12.8. The predicted molar refractivity (Wildman–Crippen MR) is 274 cm³/mol. The fourth-order valence-corrected chi connectivity index (χ4v) is 6.89. The normalized spacial score (nSPS) is 13.0. The van der Waals surface area contributed by atoms with Crippen LogP contribution >= 0.6 is 0 Å². The number of ether oxygens (including phenoxy) is 3. The molecule has 0 aliphatic carbocycles. The Balaban J connectivity index is 4.50. The Morgan fingerprint density at radius 2 is 0.609 bits per heavy atom. The van der Waals surface area contributed by atoms with E-state index in [0.717, 1.165) is 96.3 Å². The van der Waals surface area contributed by atoms with Gasteiger partial charge in [-0.3, -0.25) is 14.4 Å². The summed E-state index contributed by atoms with van der Waals surface area (Å²) in [5.41, 5.74) is 0. The minimum atomic E-state index is -0.805. The molecule has 0 rings (SSSR count). The van der Waals surface area contributed by atoms with Crippen molar-refractivity contribution in [1.82, 2.24) is 0 Å². The topological polar surface area (TPSA) is 78.9 Å². The van der Waals surface area contributed by atoms with Gasteiger partial charge in [0.05, 0.1) is 0 Å². The number of unbranched alkanes of at least 4 members (excludes halogenated alkanes) is 23. The molecular formula is C58H94O6.